The molecule has 2 rings (SSSR count). The highest BCUT2D eigenvalue weighted by Gasteiger charge is 2.22. The van der Waals surface area contributed by atoms with Gasteiger partial charge in [-0.3, -0.25) is 4.90 Å². The van der Waals surface area contributed by atoms with Gasteiger partial charge in [0.15, 0.2) is 0 Å². The summed E-state index contributed by atoms with van der Waals surface area (Å²) < 4.78 is 18.5. The molecule has 0 amide bonds. The van der Waals surface area contributed by atoms with E-state index >= 15 is 0 Å². The first-order valence-corrected chi connectivity index (χ1v) is 7.49. The molecule has 0 bridgehead atoms. The summed E-state index contributed by atoms with van der Waals surface area (Å²) >= 11 is 0. The minimum Gasteiger partial charge on any atom is -0.378 e. The van der Waals surface area contributed by atoms with Crippen LogP contribution in [0, 0.1) is 5.82 Å². The summed E-state index contributed by atoms with van der Waals surface area (Å²) in [4.78, 5) is 2.51. The number of hydrogen-bond acceptors (Lipinski definition) is 3. The van der Waals surface area contributed by atoms with Crippen LogP contribution in [0.4, 0.5) is 4.39 Å². The summed E-state index contributed by atoms with van der Waals surface area (Å²) in [5, 5.41) is 3.33. The second-order valence-electron chi connectivity index (χ2n) is 5.35. The monoisotopic (exact) mass is 280 g/mol. The van der Waals surface area contributed by atoms with Crippen molar-refractivity contribution >= 4 is 0 Å². The van der Waals surface area contributed by atoms with E-state index in [0.29, 0.717) is 6.04 Å². The zero-order valence-electron chi connectivity index (χ0n) is 12.4. The summed E-state index contributed by atoms with van der Waals surface area (Å²) in [6.07, 6.45) is 2.15. The molecule has 4 heteroatoms. The van der Waals surface area contributed by atoms with Crippen molar-refractivity contribution in [2.24, 2.45) is 0 Å². The third-order valence-corrected chi connectivity index (χ3v) is 4.15. The Morgan fingerprint density at radius 1 is 1.40 bits per heavy atom. The molecule has 1 aromatic carbocycles. The Hall–Kier alpha value is -0.970. The second-order valence-corrected chi connectivity index (χ2v) is 5.35. The maximum Gasteiger partial charge on any atom is 0.123 e. The van der Waals surface area contributed by atoms with Crippen LogP contribution in [0.15, 0.2) is 24.3 Å². The van der Waals surface area contributed by atoms with Crippen molar-refractivity contribution in [3.05, 3.63) is 35.6 Å². The second kappa shape index (κ2) is 7.72. The van der Waals surface area contributed by atoms with Crippen LogP contribution < -0.4 is 5.32 Å². The lowest BCUT2D eigenvalue weighted by Gasteiger charge is -2.35. The third kappa shape index (κ3) is 4.01. The molecule has 0 aromatic heterocycles. The lowest BCUT2D eigenvalue weighted by atomic mass is 10.0. The fourth-order valence-corrected chi connectivity index (χ4v) is 2.83. The highest BCUT2D eigenvalue weighted by molar-refractivity contribution is 5.19. The molecule has 2 unspecified atom stereocenters. The van der Waals surface area contributed by atoms with Gasteiger partial charge in [-0.2, -0.15) is 0 Å². The van der Waals surface area contributed by atoms with Crippen molar-refractivity contribution in [3.63, 3.8) is 0 Å². The molecule has 1 aromatic rings. The summed E-state index contributed by atoms with van der Waals surface area (Å²) in [5.74, 6) is -0.178. The van der Waals surface area contributed by atoms with E-state index in [4.69, 9.17) is 4.74 Å². The molecule has 20 heavy (non-hydrogen) atoms. The van der Waals surface area contributed by atoms with Gasteiger partial charge in [0.2, 0.25) is 0 Å². The molecule has 0 saturated carbocycles. The van der Waals surface area contributed by atoms with Gasteiger partial charge in [-0.05, 0) is 37.6 Å². The predicted molar refractivity (Wildman–Crippen MR) is 79.3 cm³/mol. The zero-order chi connectivity index (χ0) is 14.4. The van der Waals surface area contributed by atoms with Crippen molar-refractivity contribution in [1.82, 2.24) is 10.2 Å². The van der Waals surface area contributed by atoms with Gasteiger partial charge in [-0.15, -0.1) is 0 Å². The molecule has 3 nitrogen and oxygen atoms in total. The third-order valence-electron chi connectivity index (χ3n) is 4.15. The number of hydrogen-bond donors (Lipinski definition) is 1. The molecular formula is C16H25FN2O. The Kier molecular flexibility index (Phi) is 5.95. The smallest absolute Gasteiger partial charge is 0.123 e. The van der Waals surface area contributed by atoms with Crippen LogP contribution in [-0.2, 0) is 4.74 Å². The number of benzene rings is 1. The van der Waals surface area contributed by atoms with Gasteiger partial charge < -0.3 is 10.1 Å². The Bertz CT molecular complexity index is 396. The number of nitrogens with zero attached hydrogens (tertiary/aromatic N) is 1. The molecule has 1 aliphatic heterocycles. The molecule has 0 radical (unpaired) electrons. The molecule has 1 saturated heterocycles. The molecule has 1 fully saturated rings. The Morgan fingerprint density at radius 2 is 2.15 bits per heavy atom. The predicted octanol–water partition coefficient (Wildman–Crippen LogP) is 2.59. The van der Waals surface area contributed by atoms with Gasteiger partial charge in [-0.1, -0.05) is 19.1 Å². The Morgan fingerprint density at radius 3 is 2.80 bits per heavy atom. The van der Waals surface area contributed by atoms with Gasteiger partial charge in [0, 0.05) is 25.2 Å². The average molecular weight is 280 g/mol. The van der Waals surface area contributed by atoms with Crippen LogP contribution in [0.2, 0.25) is 0 Å². The van der Waals surface area contributed by atoms with E-state index in [1.807, 2.05) is 19.2 Å². The average Bonchev–Trinajstić information content (AvgIpc) is 2.50. The minimum absolute atomic E-state index is 0.178. The fraction of sp³-hybridized carbons (Fsp3) is 0.625. The van der Waals surface area contributed by atoms with Crippen molar-refractivity contribution < 1.29 is 9.13 Å². The first-order chi connectivity index (χ1) is 9.74. The van der Waals surface area contributed by atoms with E-state index in [2.05, 4.69) is 17.1 Å². The first kappa shape index (κ1) is 15.4. The lowest BCUT2D eigenvalue weighted by Crippen LogP contribution is -2.46. The van der Waals surface area contributed by atoms with Gasteiger partial charge in [0.25, 0.3) is 0 Å². The highest BCUT2D eigenvalue weighted by atomic mass is 19.1. The standard InChI is InChI=1S/C16H25FN2O/c1-3-15-12-20-11-10-19(15)9-8-16(18-2)13-4-6-14(17)7-5-13/h4-7,15-16,18H,3,8-12H2,1-2H3. The summed E-state index contributed by atoms with van der Waals surface area (Å²) in [6.45, 7) is 5.94. The fourth-order valence-electron chi connectivity index (χ4n) is 2.83. The quantitative estimate of drug-likeness (QED) is 0.867. The van der Waals surface area contributed by atoms with E-state index in [1.165, 1.54) is 12.1 Å². The van der Waals surface area contributed by atoms with Crippen molar-refractivity contribution in [3.8, 4) is 0 Å². The summed E-state index contributed by atoms with van der Waals surface area (Å²) in [6, 6.07) is 7.61. The largest absolute Gasteiger partial charge is 0.378 e. The highest BCUT2D eigenvalue weighted by Crippen LogP contribution is 2.19. The normalized spacial score (nSPS) is 21.9. The molecule has 2 atom stereocenters. The maximum absolute atomic E-state index is 13.0. The van der Waals surface area contributed by atoms with E-state index in [0.717, 1.165) is 44.7 Å². The number of nitrogens with one attached hydrogen (secondary N) is 1. The van der Waals surface area contributed by atoms with Gasteiger partial charge in [0.1, 0.15) is 5.82 Å². The van der Waals surface area contributed by atoms with Crippen LogP contribution in [0.25, 0.3) is 0 Å². The van der Waals surface area contributed by atoms with E-state index < -0.39 is 0 Å². The maximum atomic E-state index is 13.0. The molecule has 1 heterocycles. The minimum atomic E-state index is -0.178. The molecular weight excluding hydrogens is 255 g/mol. The topological polar surface area (TPSA) is 24.5 Å². The molecule has 112 valence electrons. The van der Waals surface area contributed by atoms with Crippen LogP contribution in [-0.4, -0.2) is 44.3 Å². The van der Waals surface area contributed by atoms with Crippen molar-refractivity contribution in [2.75, 3.05) is 33.4 Å². The van der Waals surface area contributed by atoms with E-state index in [-0.39, 0.29) is 11.9 Å². The van der Waals surface area contributed by atoms with Crippen molar-refractivity contribution in [1.29, 1.82) is 0 Å². The first-order valence-electron chi connectivity index (χ1n) is 7.49. The van der Waals surface area contributed by atoms with Gasteiger partial charge in [0.05, 0.1) is 13.2 Å². The zero-order valence-corrected chi connectivity index (χ0v) is 12.4. The van der Waals surface area contributed by atoms with Crippen LogP contribution in [0.3, 0.4) is 0 Å². The Labute approximate surface area is 121 Å². The summed E-state index contributed by atoms with van der Waals surface area (Å²) in [5.41, 5.74) is 1.15. The van der Waals surface area contributed by atoms with Crippen LogP contribution in [0.1, 0.15) is 31.4 Å². The van der Waals surface area contributed by atoms with E-state index in [9.17, 15) is 4.39 Å². The van der Waals surface area contributed by atoms with Gasteiger partial charge >= 0.3 is 0 Å². The number of rotatable bonds is 6. The van der Waals surface area contributed by atoms with E-state index in [1.54, 1.807) is 0 Å². The van der Waals surface area contributed by atoms with Crippen LogP contribution in [0.5, 0.6) is 0 Å². The van der Waals surface area contributed by atoms with Crippen LogP contribution >= 0.6 is 0 Å². The number of morpholine rings is 1. The summed E-state index contributed by atoms with van der Waals surface area (Å²) in [7, 11) is 1.96. The molecule has 1 N–H and O–H groups in total. The number of halogens is 1. The lowest BCUT2D eigenvalue weighted by molar-refractivity contribution is -0.00997. The SMILES string of the molecule is CCC1COCCN1CCC(NC)c1ccc(F)cc1. The molecule has 1 aliphatic rings. The molecule has 0 spiro atoms. The Balaban J connectivity index is 1.91. The van der Waals surface area contributed by atoms with Gasteiger partial charge in [-0.25, -0.2) is 4.39 Å². The van der Waals surface area contributed by atoms with Crippen molar-refractivity contribution in [2.45, 2.75) is 31.8 Å². The number of ether oxygens (including phenoxy) is 1. The molecule has 0 aliphatic carbocycles.